The summed E-state index contributed by atoms with van der Waals surface area (Å²) in [5, 5.41) is 12.7. The van der Waals surface area contributed by atoms with Gasteiger partial charge in [0.25, 0.3) is 0 Å². The quantitative estimate of drug-likeness (QED) is 0.871. The van der Waals surface area contributed by atoms with Crippen LogP contribution >= 0.6 is 0 Å². The highest BCUT2D eigenvalue weighted by Gasteiger charge is 2.27. The summed E-state index contributed by atoms with van der Waals surface area (Å²) in [7, 11) is 0. The van der Waals surface area contributed by atoms with Crippen LogP contribution in [-0.2, 0) is 0 Å². The summed E-state index contributed by atoms with van der Waals surface area (Å²) in [5.74, 6) is 1.92. The molecule has 0 bridgehead atoms. The lowest BCUT2D eigenvalue weighted by atomic mass is 9.89. The number of fused-ring (bicyclic) bond motifs is 1. The molecular formula is C19H25NO. The number of nitrogens with zero attached hydrogens (tertiary/aromatic N) is 1. The summed E-state index contributed by atoms with van der Waals surface area (Å²) in [4.78, 5) is 2.52. The fraction of sp³-hybridized carbons (Fsp3) is 0.474. The average molecular weight is 283 g/mol. The molecule has 3 atom stereocenters. The number of rotatable bonds is 2. The highest BCUT2D eigenvalue weighted by atomic mass is 16.3. The van der Waals surface area contributed by atoms with Gasteiger partial charge in [-0.3, -0.25) is 4.90 Å². The SMILES string of the molecule is CC1CC(C)CN(C(C)c2ccc3ccccc3c2O)C1. The molecule has 0 amide bonds. The topological polar surface area (TPSA) is 23.5 Å². The Morgan fingerprint density at radius 1 is 1.05 bits per heavy atom. The molecule has 0 radical (unpaired) electrons. The second-order valence-corrected chi connectivity index (χ2v) is 6.80. The van der Waals surface area contributed by atoms with E-state index in [1.807, 2.05) is 18.2 Å². The minimum atomic E-state index is 0.264. The lowest BCUT2D eigenvalue weighted by Crippen LogP contribution is -2.40. The molecule has 0 aliphatic carbocycles. The first-order valence-electron chi connectivity index (χ1n) is 8.01. The van der Waals surface area contributed by atoms with E-state index in [-0.39, 0.29) is 6.04 Å². The zero-order valence-electron chi connectivity index (χ0n) is 13.2. The number of hydrogen-bond donors (Lipinski definition) is 1. The maximum atomic E-state index is 10.7. The molecular weight excluding hydrogens is 258 g/mol. The number of likely N-dealkylation sites (tertiary alicyclic amines) is 1. The molecule has 2 aromatic rings. The summed E-state index contributed by atoms with van der Waals surface area (Å²) in [6.45, 7) is 9.12. The van der Waals surface area contributed by atoms with Crippen LogP contribution in [0.2, 0.25) is 0 Å². The van der Waals surface area contributed by atoms with Crippen molar-refractivity contribution in [1.82, 2.24) is 4.90 Å². The monoisotopic (exact) mass is 283 g/mol. The first-order valence-corrected chi connectivity index (χ1v) is 8.01. The fourth-order valence-electron chi connectivity index (χ4n) is 3.83. The molecule has 1 heterocycles. The maximum Gasteiger partial charge on any atom is 0.128 e. The van der Waals surface area contributed by atoms with Crippen molar-refractivity contribution in [2.75, 3.05) is 13.1 Å². The van der Waals surface area contributed by atoms with E-state index in [0.29, 0.717) is 5.75 Å². The second kappa shape index (κ2) is 5.69. The highest BCUT2D eigenvalue weighted by molar-refractivity contribution is 5.89. The Morgan fingerprint density at radius 2 is 1.71 bits per heavy atom. The normalized spacial score (nSPS) is 25.1. The van der Waals surface area contributed by atoms with Crippen LogP contribution in [0.1, 0.15) is 38.8 Å². The smallest absolute Gasteiger partial charge is 0.128 e. The molecule has 3 rings (SSSR count). The molecule has 2 nitrogen and oxygen atoms in total. The molecule has 21 heavy (non-hydrogen) atoms. The van der Waals surface area contributed by atoms with E-state index < -0.39 is 0 Å². The lowest BCUT2D eigenvalue weighted by molar-refractivity contribution is 0.102. The summed E-state index contributed by atoms with van der Waals surface area (Å²) in [5.41, 5.74) is 1.05. The van der Waals surface area contributed by atoms with Crippen molar-refractivity contribution in [3.05, 3.63) is 42.0 Å². The predicted molar refractivity (Wildman–Crippen MR) is 88.5 cm³/mol. The minimum absolute atomic E-state index is 0.264. The zero-order valence-corrected chi connectivity index (χ0v) is 13.2. The number of piperidine rings is 1. The molecule has 0 aromatic heterocycles. The van der Waals surface area contributed by atoms with Crippen LogP contribution in [0, 0.1) is 11.8 Å². The standard InChI is InChI=1S/C19H25NO/c1-13-10-14(2)12-20(11-13)15(3)17-9-8-16-6-4-5-7-18(16)19(17)21/h4-9,13-15,21H,10-12H2,1-3H3. The highest BCUT2D eigenvalue weighted by Crippen LogP contribution is 2.36. The fourth-order valence-corrected chi connectivity index (χ4v) is 3.83. The van der Waals surface area contributed by atoms with Crippen LogP contribution in [0.25, 0.3) is 10.8 Å². The maximum absolute atomic E-state index is 10.7. The second-order valence-electron chi connectivity index (χ2n) is 6.80. The Labute approximate surface area is 127 Å². The molecule has 3 unspecified atom stereocenters. The van der Waals surface area contributed by atoms with Crippen molar-refractivity contribution in [3.63, 3.8) is 0 Å². The van der Waals surface area contributed by atoms with Gasteiger partial charge in [-0.1, -0.05) is 50.2 Å². The zero-order chi connectivity index (χ0) is 15.0. The van der Waals surface area contributed by atoms with Gasteiger partial charge in [-0.2, -0.15) is 0 Å². The first-order chi connectivity index (χ1) is 10.1. The molecule has 0 spiro atoms. The van der Waals surface area contributed by atoms with E-state index in [0.717, 1.165) is 41.3 Å². The van der Waals surface area contributed by atoms with Gasteiger partial charge in [0.1, 0.15) is 5.75 Å². The molecule has 2 aromatic carbocycles. The van der Waals surface area contributed by atoms with E-state index in [2.05, 4.69) is 43.9 Å². The summed E-state index contributed by atoms with van der Waals surface area (Å²) < 4.78 is 0. The number of benzene rings is 2. The van der Waals surface area contributed by atoms with E-state index in [1.54, 1.807) is 0 Å². The van der Waals surface area contributed by atoms with E-state index in [4.69, 9.17) is 0 Å². The molecule has 0 saturated carbocycles. The van der Waals surface area contributed by atoms with Crippen LogP contribution in [0.4, 0.5) is 0 Å². The predicted octanol–water partition coefficient (Wildman–Crippen LogP) is 4.58. The van der Waals surface area contributed by atoms with Crippen molar-refractivity contribution in [3.8, 4) is 5.75 Å². The third-order valence-electron chi connectivity index (χ3n) is 4.83. The van der Waals surface area contributed by atoms with E-state index >= 15 is 0 Å². The number of phenols is 1. The third-order valence-corrected chi connectivity index (χ3v) is 4.83. The van der Waals surface area contributed by atoms with Crippen LogP contribution in [0.5, 0.6) is 5.75 Å². The van der Waals surface area contributed by atoms with Gasteiger partial charge in [-0.05, 0) is 30.6 Å². The Hall–Kier alpha value is -1.54. The minimum Gasteiger partial charge on any atom is -0.507 e. The van der Waals surface area contributed by atoms with Gasteiger partial charge in [0.05, 0.1) is 0 Å². The lowest BCUT2D eigenvalue weighted by Gasteiger charge is -2.39. The Bertz CT molecular complexity index is 626. The van der Waals surface area contributed by atoms with Crippen molar-refractivity contribution < 1.29 is 5.11 Å². The largest absolute Gasteiger partial charge is 0.507 e. The number of phenolic OH excluding ortho intramolecular Hbond substituents is 1. The van der Waals surface area contributed by atoms with E-state index in [9.17, 15) is 5.11 Å². The van der Waals surface area contributed by atoms with Crippen LogP contribution < -0.4 is 0 Å². The molecule has 1 aliphatic rings. The van der Waals surface area contributed by atoms with E-state index in [1.165, 1.54) is 6.42 Å². The van der Waals surface area contributed by atoms with Crippen LogP contribution in [-0.4, -0.2) is 23.1 Å². The number of aromatic hydroxyl groups is 1. The first kappa shape index (κ1) is 14.4. The van der Waals surface area contributed by atoms with Gasteiger partial charge in [0, 0.05) is 30.1 Å². The molecule has 1 saturated heterocycles. The van der Waals surface area contributed by atoms with Gasteiger partial charge in [-0.25, -0.2) is 0 Å². The Morgan fingerprint density at radius 3 is 2.43 bits per heavy atom. The Balaban J connectivity index is 1.94. The van der Waals surface area contributed by atoms with Gasteiger partial charge in [-0.15, -0.1) is 0 Å². The van der Waals surface area contributed by atoms with Crippen LogP contribution in [0.15, 0.2) is 36.4 Å². The molecule has 1 N–H and O–H groups in total. The van der Waals surface area contributed by atoms with Gasteiger partial charge < -0.3 is 5.11 Å². The molecule has 1 fully saturated rings. The molecule has 1 aliphatic heterocycles. The van der Waals surface area contributed by atoms with Gasteiger partial charge in [0.2, 0.25) is 0 Å². The third kappa shape index (κ3) is 2.77. The van der Waals surface area contributed by atoms with Crippen molar-refractivity contribution >= 4 is 10.8 Å². The number of hydrogen-bond acceptors (Lipinski definition) is 2. The van der Waals surface area contributed by atoms with Crippen LogP contribution in [0.3, 0.4) is 0 Å². The summed E-state index contributed by atoms with van der Waals surface area (Å²) in [6.07, 6.45) is 1.31. The van der Waals surface area contributed by atoms with Crippen molar-refractivity contribution in [2.45, 2.75) is 33.2 Å². The van der Waals surface area contributed by atoms with Crippen molar-refractivity contribution in [1.29, 1.82) is 0 Å². The summed E-state index contributed by atoms with van der Waals surface area (Å²) >= 11 is 0. The van der Waals surface area contributed by atoms with Crippen molar-refractivity contribution in [2.24, 2.45) is 11.8 Å². The summed E-state index contributed by atoms with van der Waals surface area (Å²) in [6, 6.07) is 12.5. The average Bonchev–Trinajstić information content (AvgIpc) is 2.46. The Kier molecular flexibility index (Phi) is 3.90. The van der Waals surface area contributed by atoms with Gasteiger partial charge in [0.15, 0.2) is 0 Å². The molecule has 2 heteroatoms. The molecule has 112 valence electrons. The van der Waals surface area contributed by atoms with Gasteiger partial charge >= 0.3 is 0 Å².